The number of nitrogens with zero attached hydrogens (tertiary/aromatic N) is 1. The van der Waals surface area contributed by atoms with Gasteiger partial charge in [0.1, 0.15) is 0 Å². The number of benzene rings is 2. The van der Waals surface area contributed by atoms with Gasteiger partial charge in [0.2, 0.25) is 5.91 Å². The molecule has 5 heteroatoms. The molecule has 2 heterocycles. The zero-order valence-corrected chi connectivity index (χ0v) is 16.9. The second-order valence-corrected chi connectivity index (χ2v) is 8.23. The second-order valence-electron chi connectivity index (χ2n) is 7.29. The van der Waals surface area contributed by atoms with Gasteiger partial charge >= 0.3 is 0 Å². The van der Waals surface area contributed by atoms with Crippen LogP contribution in [0.15, 0.2) is 53.9 Å². The third-order valence-electron chi connectivity index (χ3n) is 5.18. The molecule has 0 spiro atoms. The Bertz CT molecular complexity index is 951. The molecule has 0 saturated heterocycles. The van der Waals surface area contributed by atoms with Crippen LogP contribution in [-0.2, 0) is 30.6 Å². The fourth-order valence-electron chi connectivity index (χ4n) is 3.49. The van der Waals surface area contributed by atoms with E-state index in [4.69, 9.17) is 4.98 Å². The van der Waals surface area contributed by atoms with Crippen molar-refractivity contribution in [2.75, 3.05) is 5.32 Å². The van der Waals surface area contributed by atoms with Gasteiger partial charge in [0.15, 0.2) is 0 Å². The molecule has 0 aliphatic carbocycles. The molecule has 4 rings (SSSR count). The number of amides is 1. The van der Waals surface area contributed by atoms with Crippen LogP contribution in [0.2, 0.25) is 0 Å². The summed E-state index contributed by atoms with van der Waals surface area (Å²) in [5, 5.41) is 9.86. The number of aryl methyl sites for hydroxylation is 3. The number of rotatable bonds is 7. The van der Waals surface area contributed by atoms with Crippen molar-refractivity contribution in [1.82, 2.24) is 10.3 Å². The van der Waals surface area contributed by atoms with E-state index in [9.17, 15) is 4.79 Å². The number of nitrogens with one attached hydrogen (secondary N) is 2. The molecule has 1 aliphatic rings. The standard InChI is InChI=1S/C23H25N3OS/c1-16(18-8-10-21-19(13-18)9-11-22(27)26-21)24-14-20-15-28-23(25-20)12-7-17-5-3-2-4-6-17/h2-6,8,10,13,15-16,24H,7,9,11-12,14H2,1H3,(H,26,27)/t16-/m1/s1. The summed E-state index contributed by atoms with van der Waals surface area (Å²) in [4.78, 5) is 16.3. The Hall–Kier alpha value is -2.50. The Balaban J connectivity index is 1.31. The molecule has 0 radical (unpaired) electrons. The van der Waals surface area contributed by atoms with Crippen molar-refractivity contribution in [2.24, 2.45) is 0 Å². The molecule has 0 saturated carbocycles. The summed E-state index contributed by atoms with van der Waals surface area (Å²) in [7, 11) is 0. The van der Waals surface area contributed by atoms with Gasteiger partial charge in [0.25, 0.3) is 0 Å². The Morgan fingerprint density at radius 3 is 2.86 bits per heavy atom. The molecule has 0 unspecified atom stereocenters. The fourth-order valence-corrected chi connectivity index (χ4v) is 4.29. The van der Waals surface area contributed by atoms with Crippen LogP contribution in [0.5, 0.6) is 0 Å². The Morgan fingerprint density at radius 1 is 1.14 bits per heavy atom. The molecule has 3 aromatic rings. The number of hydrogen-bond acceptors (Lipinski definition) is 4. The van der Waals surface area contributed by atoms with E-state index < -0.39 is 0 Å². The molecular formula is C23H25N3OS. The van der Waals surface area contributed by atoms with Gasteiger partial charge in [-0.2, -0.15) is 0 Å². The van der Waals surface area contributed by atoms with E-state index >= 15 is 0 Å². The largest absolute Gasteiger partial charge is 0.326 e. The van der Waals surface area contributed by atoms with Gasteiger partial charge in [0.05, 0.1) is 10.7 Å². The quantitative estimate of drug-likeness (QED) is 0.616. The molecule has 28 heavy (non-hydrogen) atoms. The van der Waals surface area contributed by atoms with Crippen LogP contribution in [0.3, 0.4) is 0 Å². The van der Waals surface area contributed by atoms with Gasteiger partial charge in [-0.1, -0.05) is 42.5 Å². The van der Waals surface area contributed by atoms with Gasteiger partial charge in [0, 0.05) is 36.5 Å². The highest BCUT2D eigenvalue weighted by Gasteiger charge is 2.16. The van der Waals surface area contributed by atoms with Crippen LogP contribution in [0.1, 0.15) is 46.8 Å². The molecule has 2 aromatic carbocycles. The number of anilines is 1. The van der Waals surface area contributed by atoms with Crippen molar-refractivity contribution in [3.63, 3.8) is 0 Å². The summed E-state index contributed by atoms with van der Waals surface area (Å²) >= 11 is 1.74. The number of carbonyl (C=O) groups excluding carboxylic acids is 1. The van der Waals surface area contributed by atoms with Crippen molar-refractivity contribution >= 4 is 22.9 Å². The molecular weight excluding hydrogens is 366 g/mol. The van der Waals surface area contributed by atoms with Crippen molar-refractivity contribution in [1.29, 1.82) is 0 Å². The van der Waals surface area contributed by atoms with Crippen LogP contribution in [0.4, 0.5) is 5.69 Å². The smallest absolute Gasteiger partial charge is 0.224 e. The van der Waals surface area contributed by atoms with E-state index in [1.54, 1.807) is 11.3 Å². The SMILES string of the molecule is C[C@@H](NCc1csc(CCc2ccccc2)n1)c1ccc2c(c1)CCC(=O)N2. The summed E-state index contributed by atoms with van der Waals surface area (Å²) < 4.78 is 0. The predicted molar refractivity (Wildman–Crippen MR) is 115 cm³/mol. The first-order valence-corrected chi connectivity index (χ1v) is 10.7. The third kappa shape index (κ3) is 4.66. The minimum absolute atomic E-state index is 0.109. The van der Waals surface area contributed by atoms with E-state index in [0.29, 0.717) is 6.42 Å². The minimum atomic E-state index is 0.109. The monoisotopic (exact) mass is 391 g/mol. The van der Waals surface area contributed by atoms with Crippen LogP contribution < -0.4 is 10.6 Å². The van der Waals surface area contributed by atoms with Gasteiger partial charge in [-0.25, -0.2) is 4.98 Å². The summed E-state index contributed by atoms with van der Waals surface area (Å²) in [5.74, 6) is 0.109. The van der Waals surface area contributed by atoms with Gasteiger partial charge in [-0.15, -0.1) is 11.3 Å². The van der Waals surface area contributed by atoms with E-state index in [0.717, 1.165) is 37.2 Å². The number of carbonyl (C=O) groups is 1. The normalized spacial score (nSPS) is 14.4. The molecule has 0 bridgehead atoms. The second kappa shape index (κ2) is 8.67. The molecule has 1 aromatic heterocycles. The molecule has 2 N–H and O–H groups in total. The Labute approximate surface area is 170 Å². The topological polar surface area (TPSA) is 54.0 Å². The van der Waals surface area contributed by atoms with Gasteiger partial charge in [-0.05, 0) is 42.5 Å². The summed E-state index contributed by atoms with van der Waals surface area (Å²) in [6.45, 7) is 2.93. The van der Waals surface area contributed by atoms with Crippen molar-refractivity contribution in [3.05, 3.63) is 81.3 Å². The zero-order chi connectivity index (χ0) is 19.3. The van der Waals surface area contributed by atoms with Crippen molar-refractivity contribution in [3.8, 4) is 0 Å². The lowest BCUT2D eigenvalue weighted by atomic mass is 9.98. The highest BCUT2D eigenvalue weighted by atomic mass is 32.1. The first kappa shape index (κ1) is 18.8. The molecule has 1 aliphatic heterocycles. The maximum Gasteiger partial charge on any atom is 0.224 e. The van der Waals surface area contributed by atoms with Crippen LogP contribution in [0.25, 0.3) is 0 Å². The van der Waals surface area contributed by atoms with E-state index in [-0.39, 0.29) is 11.9 Å². The van der Waals surface area contributed by atoms with Gasteiger partial charge < -0.3 is 10.6 Å². The Kier molecular flexibility index (Phi) is 5.84. The number of fused-ring (bicyclic) bond motifs is 1. The fraction of sp³-hybridized carbons (Fsp3) is 0.304. The van der Waals surface area contributed by atoms with Gasteiger partial charge in [-0.3, -0.25) is 4.79 Å². The first-order chi connectivity index (χ1) is 13.7. The lowest BCUT2D eigenvalue weighted by Gasteiger charge is -2.20. The van der Waals surface area contributed by atoms with Crippen molar-refractivity contribution in [2.45, 2.75) is 45.2 Å². The summed E-state index contributed by atoms with van der Waals surface area (Å²) in [6.07, 6.45) is 3.41. The minimum Gasteiger partial charge on any atom is -0.326 e. The molecule has 0 fully saturated rings. The lowest BCUT2D eigenvalue weighted by Crippen LogP contribution is -2.21. The number of aromatic nitrogens is 1. The van der Waals surface area contributed by atoms with E-state index in [1.807, 2.05) is 6.07 Å². The Morgan fingerprint density at radius 2 is 2.00 bits per heavy atom. The first-order valence-electron chi connectivity index (χ1n) is 9.80. The summed E-state index contributed by atoms with van der Waals surface area (Å²) in [6, 6.07) is 17.1. The number of hydrogen-bond donors (Lipinski definition) is 2. The van der Waals surface area contributed by atoms with Crippen LogP contribution >= 0.6 is 11.3 Å². The zero-order valence-electron chi connectivity index (χ0n) is 16.1. The average molecular weight is 392 g/mol. The van der Waals surface area contributed by atoms with Crippen LogP contribution in [0, 0.1) is 0 Å². The summed E-state index contributed by atoms with van der Waals surface area (Å²) in [5.41, 5.74) is 5.88. The molecule has 4 nitrogen and oxygen atoms in total. The van der Waals surface area contributed by atoms with E-state index in [2.05, 4.69) is 65.4 Å². The van der Waals surface area contributed by atoms with E-state index in [1.165, 1.54) is 21.7 Å². The highest BCUT2D eigenvalue weighted by molar-refractivity contribution is 7.09. The molecule has 144 valence electrons. The average Bonchev–Trinajstić information content (AvgIpc) is 3.19. The third-order valence-corrected chi connectivity index (χ3v) is 6.14. The maximum atomic E-state index is 11.5. The lowest BCUT2D eigenvalue weighted by molar-refractivity contribution is -0.116. The highest BCUT2D eigenvalue weighted by Crippen LogP contribution is 2.26. The maximum absolute atomic E-state index is 11.5. The molecule has 1 amide bonds. The molecule has 1 atom stereocenters. The number of thiazole rings is 1. The predicted octanol–water partition coefficient (Wildman–Crippen LogP) is 4.66. The van der Waals surface area contributed by atoms with Crippen molar-refractivity contribution < 1.29 is 4.79 Å². The van der Waals surface area contributed by atoms with Crippen LogP contribution in [-0.4, -0.2) is 10.9 Å².